The van der Waals surface area contributed by atoms with Crippen molar-refractivity contribution in [2.45, 2.75) is 76.4 Å². The van der Waals surface area contributed by atoms with Crippen molar-refractivity contribution < 1.29 is 18.3 Å². The fraction of sp³-hybridized carbons (Fsp3) is 0.655. The van der Waals surface area contributed by atoms with E-state index in [2.05, 4.69) is 24.8 Å². The van der Waals surface area contributed by atoms with Crippen LogP contribution in [0.5, 0.6) is 0 Å². The summed E-state index contributed by atoms with van der Waals surface area (Å²) in [7, 11) is 0. The number of aryl methyl sites for hydroxylation is 1. The molecule has 0 amide bonds. The van der Waals surface area contributed by atoms with Crippen LogP contribution in [0.3, 0.4) is 0 Å². The van der Waals surface area contributed by atoms with Crippen molar-refractivity contribution in [1.82, 2.24) is 0 Å². The van der Waals surface area contributed by atoms with E-state index in [1.165, 1.54) is 0 Å². The first kappa shape index (κ1) is 24.6. The van der Waals surface area contributed by atoms with Gasteiger partial charge in [0.05, 0.1) is 19.9 Å². The Labute approximate surface area is 198 Å². The Kier molecular flexibility index (Phi) is 9.14. The maximum Gasteiger partial charge on any atom is 0.160 e. The average molecular weight is 459 g/mol. The Balaban J connectivity index is 1.20. The molecule has 1 aliphatic heterocycles. The summed E-state index contributed by atoms with van der Waals surface area (Å²) in [6.07, 6.45) is 16.3. The number of hydrogen-bond donors (Lipinski definition) is 0. The summed E-state index contributed by atoms with van der Waals surface area (Å²) in [5.74, 6) is 1.95. The molecule has 0 radical (unpaired) electrons. The number of hydrogen-bond acceptors (Lipinski definition) is 2. The standard InChI is InChI=1S/C29H40F2O2/c1-2-21-19-32-29(33-20-21)26-14-11-24(12-15-26)27-16-13-25(28(31)17-27)6-4-3-5-22-7-9-23(18-30)10-8-22/h2-3,5,13,16-17,21-24,26,29H,1,4,6-12,14-15,18-20H2/b5-3+. The molecular formula is C29H40F2O2. The molecule has 0 aromatic heterocycles. The first-order valence-corrected chi connectivity index (χ1v) is 13.0. The number of alkyl halides is 1. The van der Waals surface area contributed by atoms with E-state index < -0.39 is 0 Å². The molecule has 33 heavy (non-hydrogen) atoms. The van der Waals surface area contributed by atoms with Crippen molar-refractivity contribution >= 4 is 0 Å². The lowest BCUT2D eigenvalue weighted by Crippen LogP contribution is -2.37. The number of rotatable bonds is 8. The predicted molar refractivity (Wildman–Crippen MR) is 129 cm³/mol. The van der Waals surface area contributed by atoms with Gasteiger partial charge in [0.1, 0.15) is 5.82 Å². The zero-order valence-electron chi connectivity index (χ0n) is 19.9. The van der Waals surface area contributed by atoms with Gasteiger partial charge in [0.2, 0.25) is 0 Å². The minimum absolute atomic E-state index is 0.0686. The molecule has 0 spiro atoms. The smallest absolute Gasteiger partial charge is 0.160 e. The van der Waals surface area contributed by atoms with Gasteiger partial charge in [-0.1, -0.05) is 30.4 Å². The summed E-state index contributed by atoms with van der Waals surface area (Å²) < 4.78 is 39.4. The first-order valence-electron chi connectivity index (χ1n) is 13.0. The van der Waals surface area contributed by atoms with Crippen LogP contribution in [0.4, 0.5) is 8.78 Å². The highest BCUT2D eigenvalue weighted by atomic mass is 19.1. The lowest BCUT2D eigenvalue weighted by atomic mass is 9.78. The molecule has 4 rings (SSSR count). The molecule has 3 fully saturated rings. The van der Waals surface area contributed by atoms with Gasteiger partial charge in [-0.2, -0.15) is 0 Å². The van der Waals surface area contributed by atoms with Crippen LogP contribution in [-0.2, 0) is 15.9 Å². The van der Waals surface area contributed by atoms with Crippen LogP contribution in [0.1, 0.15) is 74.8 Å². The zero-order valence-corrected chi connectivity index (χ0v) is 19.9. The van der Waals surface area contributed by atoms with Gasteiger partial charge in [-0.3, -0.25) is 4.39 Å². The molecule has 1 saturated heterocycles. The van der Waals surface area contributed by atoms with E-state index in [0.717, 1.165) is 75.3 Å². The van der Waals surface area contributed by atoms with Crippen LogP contribution in [0.15, 0.2) is 43.0 Å². The van der Waals surface area contributed by atoms with E-state index in [1.54, 1.807) is 6.07 Å². The van der Waals surface area contributed by atoms with Crippen LogP contribution in [0.2, 0.25) is 0 Å². The van der Waals surface area contributed by atoms with E-state index in [-0.39, 0.29) is 24.7 Å². The van der Waals surface area contributed by atoms with E-state index >= 15 is 0 Å². The minimum Gasteiger partial charge on any atom is -0.352 e. The molecule has 0 bridgehead atoms. The molecule has 1 aromatic carbocycles. The second kappa shape index (κ2) is 12.3. The Morgan fingerprint density at radius 2 is 1.67 bits per heavy atom. The normalized spacial score (nSPS) is 33.3. The molecule has 182 valence electrons. The third kappa shape index (κ3) is 6.76. The summed E-state index contributed by atoms with van der Waals surface area (Å²) in [5, 5.41) is 0. The van der Waals surface area contributed by atoms with Crippen LogP contribution in [0, 0.1) is 29.5 Å². The topological polar surface area (TPSA) is 18.5 Å². The Morgan fingerprint density at radius 1 is 0.939 bits per heavy atom. The Morgan fingerprint density at radius 3 is 2.30 bits per heavy atom. The SMILES string of the molecule is C=CC1COC(C2CCC(c3ccc(CC/C=C/C4CCC(CF)CC4)c(F)c3)CC2)OC1. The van der Waals surface area contributed by atoms with Gasteiger partial charge < -0.3 is 9.47 Å². The summed E-state index contributed by atoms with van der Waals surface area (Å²) in [6.45, 7) is 5.05. The van der Waals surface area contributed by atoms with Crippen LogP contribution in [0.25, 0.3) is 0 Å². The lowest BCUT2D eigenvalue weighted by molar-refractivity contribution is -0.222. The maximum absolute atomic E-state index is 14.8. The number of benzene rings is 1. The molecule has 0 unspecified atom stereocenters. The second-order valence-electron chi connectivity index (χ2n) is 10.4. The summed E-state index contributed by atoms with van der Waals surface area (Å²) in [5.41, 5.74) is 1.94. The lowest BCUT2D eigenvalue weighted by Gasteiger charge is -2.37. The van der Waals surface area contributed by atoms with Gasteiger partial charge in [-0.05, 0) is 99.2 Å². The van der Waals surface area contributed by atoms with Gasteiger partial charge in [0, 0.05) is 11.8 Å². The predicted octanol–water partition coefficient (Wildman–Crippen LogP) is 7.54. The van der Waals surface area contributed by atoms with E-state index in [4.69, 9.17) is 9.47 Å². The van der Waals surface area contributed by atoms with Gasteiger partial charge in [-0.15, -0.1) is 6.58 Å². The largest absolute Gasteiger partial charge is 0.352 e. The van der Waals surface area contributed by atoms with Gasteiger partial charge >= 0.3 is 0 Å². The van der Waals surface area contributed by atoms with Gasteiger partial charge in [-0.25, -0.2) is 4.39 Å². The fourth-order valence-corrected chi connectivity index (χ4v) is 5.75. The van der Waals surface area contributed by atoms with E-state index in [9.17, 15) is 8.78 Å². The van der Waals surface area contributed by atoms with Crippen molar-refractivity contribution in [2.24, 2.45) is 23.7 Å². The van der Waals surface area contributed by atoms with Crippen molar-refractivity contribution in [3.8, 4) is 0 Å². The molecule has 4 heteroatoms. The minimum atomic E-state index is -0.174. The molecule has 1 aromatic rings. The van der Waals surface area contributed by atoms with E-state index in [0.29, 0.717) is 36.9 Å². The van der Waals surface area contributed by atoms with Crippen LogP contribution >= 0.6 is 0 Å². The highest BCUT2D eigenvalue weighted by Gasteiger charge is 2.32. The summed E-state index contributed by atoms with van der Waals surface area (Å²) >= 11 is 0. The highest BCUT2D eigenvalue weighted by molar-refractivity contribution is 5.28. The monoisotopic (exact) mass is 458 g/mol. The van der Waals surface area contributed by atoms with Crippen molar-refractivity contribution in [1.29, 1.82) is 0 Å². The molecule has 1 heterocycles. The zero-order chi connectivity index (χ0) is 23.0. The van der Waals surface area contributed by atoms with E-state index in [1.807, 2.05) is 12.1 Å². The maximum atomic E-state index is 14.8. The number of allylic oxidation sites excluding steroid dienone is 2. The fourth-order valence-electron chi connectivity index (χ4n) is 5.75. The van der Waals surface area contributed by atoms with Crippen molar-refractivity contribution in [2.75, 3.05) is 19.9 Å². The summed E-state index contributed by atoms with van der Waals surface area (Å²) in [4.78, 5) is 0. The Hall–Kier alpha value is -1.52. The van der Waals surface area contributed by atoms with Gasteiger partial charge in [0.15, 0.2) is 6.29 Å². The summed E-state index contributed by atoms with van der Waals surface area (Å²) in [6, 6.07) is 5.89. The molecule has 0 N–H and O–H groups in total. The van der Waals surface area contributed by atoms with Crippen molar-refractivity contribution in [3.63, 3.8) is 0 Å². The second-order valence-corrected chi connectivity index (χ2v) is 10.4. The molecular weight excluding hydrogens is 418 g/mol. The Bertz CT molecular complexity index is 768. The molecule has 3 aliphatic rings. The van der Waals surface area contributed by atoms with Gasteiger partial charge in [0.25, 0.3) is 0 Å². The number of halogens is 2. The molecule has 0 atom stereocenters. The quantitative estimate of drug-likeness (QED) is 0.375. The van der Waals surface area contributed by atoms with Crippen LogP contribution < -0.4 is 0 Å². The van der Waals surface area contributed by atoms with Crippen LogP contribution in [-0.4, -0.2) is 26.2 Å². The average Bonchev–Trinajstić information content (AvgIpc) is 2.88. The number of ether oxygens (including phenoxy) is 2. The first-order chi connectivity index (χ1) is 16.2. The third-order valence-electron chi connectivity index (χ3n) is 8.09. The highest BCUT2D eigenvalue weighted by Crippen LogP contribution is 2.39. The molecule has 2 saturated carbocycles. The molecule has 2 nitrogen and oxygen atoms in total. The van der Waals surface area contributed by atoms with Crippen molar-refractivity contribution in [3.05, 3.63) is 60.0 Å². The molecule has 2 aliphatic carbocycles. The third-order valence-corrected chi connectivity index (χ3v) is 8.09.